The van der Waals surface area contributed by atoms with Gasteiger partial charge in [-0.1, -0.05) is 24.3 Å². The lowest BCUT2D eigenvalue weighted by Gasteiger charge is -2.30. The molecule has 0 aliphatic carbocycles. The molecule has 5 rings (SSSR count). The second-order valence-electron chi connectivity index (χ2n) is 9.17. The van der Waals surface area contributed by atoms with E-state index in [0.717, 1.165) is 45.7 Å². The van der Waals surface area contributed by atoms with Gasteiger partial charge in [-0.2, -0.15) is 4.98 Å². The van der Waals surface area contributed by atoms with Crippen LogP contribution < -0.4 is 20.9 Å². The zero-order valence-electron chi connectivity index (χ0n) is 19.4. The highest BCUT2D eigenvalue weighted by Gasteiger charge is 2.23. The van der Waals surface area contributed by atoms with Crippen LogP contribution in [-0.2, 0) is 17.7 Å². The van der Waals surface area contributed by atoms with Gasteiger partial charge in [-0.15, -0.1) is 0 Å². The Morgan fingerprint density at radius 3 is 2.74 bits per heavy atom. The lowest BCUT2D eigenvalue weighted by Crippen LogP contribution is -2.45. The molecule has 1 aromatic carbocycles. The number of nitrogens with zero attached hydrogens (tertiary/aromatic N) is 4. The summed E-state index contributed by atoms with van der Waals surface area (Å²) in [6.45, 7) is 6.94. The van der Waals surface area contributed by atoms with Crippen LogP contribution in [0.25, 0.3) is 0 Å². The maximum atomic E-state index is 13.0. The number of fused-ring (bicyclic) bond motifs is 1. The van der Waals surface area contributed by atoms with E-state index in [2.05, 4.69) is 60.0 Å². The standard InChI is InChI=1S/C24H33N7O3/c32-20(14-30-8-5-17-3-1-2-4-18(17)13-30)12-26-23(33)21-11-22(27-19-15-34-16-19)29-24(28-21)31-9-6-25-7-10-31/h1-4,11,19-20,25,32H,5-10,12-16H2,(H,26,33)(H,27,28,29). The van der Waals surface area contributed by atoms with Crippen molar-refractivity contribution in [3.05, 3.63) is 47.2 Å². The fourth-order valence-corrected chi connectivity index (χ4v) is 4.53. The predicted octanol–water partition coefficient (Wildman–Crippen LogP) is -0.154. The van der Waals surface area contributed by atoms with Crippen molar-refractivity contribution in [1.82, 2.24) is 25.5 Å². The SMILES string of the molecule is O=C(NCC(O)CN1CCc2ccccc2C1)c1cc(NC2COC2)nc(N2CCNCC2)n1. The van der Waals surface area contributed by atoms with Crippen LogP contribution in [0, 0.1) is 0 Å². The van der Waals surface area contributed by atoms with Crippen molar-refractivity contribution in [3.8, 4) is 0 Å². The Morgan fingerprint density at radius 1 is 1.18 bits per heavy atom. The number of carbonyl (C=O) groups is 1. The largest absolute Gasteiger partial charge is 0.390 e. The summed E-state index contributed by atoms with van der Waals surface area (Å²) < 4.78 is 5.24. The minimum absolute atomic E-state index is 0.170. The van der Waals surface area contributed by atoms with Gasteiger partial charge in [-0.05, 0) is 17.5 Å². The first-order valence-electron chi connectivity index (χ1n) is 12.1. The number of nitrogens with one attached hydrogen (secondary N) is 3. The summed E-state index contributed by atoms with van der Waals surface area (Å²) in [5.74, 6) is 0.855. The van der Waals surface area contributed by atoms with Crippen molar-refractivity contribution >= 4 is 17.7 Å². The number of aliphatic hydroxyl groups excluding tert-OH is 1. The Hall–Kier alpha value is -2.79. The molecule has 0 bridgehead atoms. The Balaban J connectivity index is 1.19. The molecule has 1 aromatic heterocycles. The van der Waals surface area contributed by atoms with Crippen LogP contribution in [0.15, 0.2) is 30.3 Å². The van der Waals surface area contributed by atoms with Gasteiger partial charge < -0.3 is 30.7 Å². The second-order valence-corrected chi connectivity index (χ2v) is 9.17. The molecule has 2 fully saturated rings. The number of amides is 1. The number of carbonyl (C=O) groups excluding carboxylic acids is 1. The number of aliphatic hydroxyl groups is 1. The Bertz CT molecular complexity index is 994. The molecule has 1 amide bonds. The summed E-state index contributed by atoms with van der Waals surface area (Å²) in [7, 11) is 0. The van der Waals surface area contributed by atoms with Crippen LogP contribution >= 0.6 is 0 Å². The predicted molar refractivity (Wildman–Crippen MR) is 129 cm³/mol. The number of rotatable bonds is 8. The molecule has 2 aromatic rings. The van der Waals surface area contributed by atoms with E-state index in [1.807, 2.05) is 0 Å². The first-order valence-corrected chi connectivity index (χ1v) is 12.1. The molecule has 3 aliphatic rings. The zero-order valence-corrected chi connectivity index (χ0v) is 19.4. The summed E-state index contributed by atoms with van der Waals surface area (Å²) in [5, 5.41) is 20.1. The molecule has 34 heavy (non-hydrogen) atoms. The number of hydrogen-bond donors (Lipinski definition) is 4. The molecule has 10 nitrogen and oxygen atoms in total. The van der Waals surface area contributed by atoms with Crippen LogP contribution in [0.3, 0.4) is 0 Å². The highest BCUT2D eigenvalue weighted by atomic mass is 16.5. The number of aromatic nitrogens is 2. The molecular weight excluding hydrogens is 434 g/mol. The van der Waals surface area contributed by atoms with Gasteiger partial charge in [0.1, 0.15) is 11.5 Å². The third kappa shape index (κ3) is 5.64. The molecule has 4 N–H and O–H groups in total. The Labute approximate surface area is 199 Å². The maximum absolute atomic E-state index is 13.0. The van der Waals surface area contributed by atoms with Gasteiger partial charge in [0.2, 0.25) is 5.95 Å². The Morgan fingerprint density at radius 2 is 1.97 bits per heavy atom. The normalized spacial score (nSPS) is 19.7. The van der Waals surface area contributed by atoms with Crippen LogP contribution in [0.2, 0.25) is 0 Å². The number of hydrogen-bond acceptors (Lipinski definition) is 9. The molecule has 10 heteroatoms. The molecule has 182 valence electrons. The van der Waals surface area contributed by atoms with Gasteiger partial charge in [0, 0.05) is 58.4 Å². The van der Waals surface area contributed by atoms with Gasteiger partial charge >= 0.3 is 0 Å². The lowest BCUT2D eigenvalue weighted by atomic mass is 10.00. The smallest absolute Gasteiger partial charge is 0.270 e. The van der Waals surface area contributed by atoms with Gasteiger partial charge in [-0.3, -0.25) is 9.69 Å². The van der Waals surface area contributed by atoms with E-state index in [1.54, 1.807) is 6.07 Å². The van der Waals surface area contributed by atoms with E-state index in [0.29, 0.717) is 37.2 Å². The molecule has 0 radical (unpaired) electrons. The van der Waals surface area contributed by atoms with Gasteiger partial charge in [0.25, 0.3) is 5.91 Å². The first-order chi connectivity index (χ1) is 16.6. The van der Waals surface area contributed by atoms with E-state index in [-0.39, 0.29) is 18.5 Å². The number of piperazine rings is 1. The summed E-state index contributed by atoms with van der Waals surface area (Å²) in [4.78, 5) is 26.4. The first kappa shape index (κ1) is 23.0. The van der Waals surface area contributed by atoms with E-state index in [1.165, 1.54) is 11.1 Å². The maximum Gasteiger partial charge on any atom is 0.270 e. The third-order valence-corrected chi connectivity index (χ3v) is 6.51. The molecular formula is C24H33N7O3. The highest BCUT2D eigenvalue weighted by molar-refractivity contribution is 5.93. The van der Waals surface area contributed by atoms with Crippen LogP contribution in [-0.4, -0.2) is 97.1 Å². The minimum Gasteiger partial charge on any atom is -0.390 e. The van der Waals surface area contributed by atoms with Crippen LogP contribution in [0.1, 0.15) is 21.6 Å². The molecule has 1 unspecified atom stereocenters. The van der Waals surface area contributed by atoms with E-state index < -0.39 is 6.10 Å². The van der Waals surface area contributed by atoms with Crippen molar-refractivity contribution in [2.24, 2.45) is 0 Å². The quantitative estimate of drug-likeness (QED) is 0.421. The highest BCUT2D eigenvalue weighted by Crippen LogP contribution is 2.19. The molecule has 0 spiro atoms. The number of anilines is 2. The summed E-state index contributed by atoms with van der Waals surface area (Å²) in [5.41, 5.74) is 2.98. The monoisotopic (exact) mass is 467 g/mol. The van der Waals surface area contributed by atoms with Crippen molar-refractivity contribution in [2.45, 2.75) is 25.1 Å². The number of ether oxygens (including phenoxy) is 1. The van der Waals surface area contributed by atoms with Crippen LogP contribution in [0.5, 0.6) is 0 Å². The van der Waals surface area contributed by atoms with Gasteiger partial charge in [-0.25, -0.2) is 4.98 Å². The molecule has 0 saturated carbocycles. The topological polar surface area (TPSA) is 115 Å². The second kappa shape index (κ2) is 10.6. The third-order valence-electron chi connectivity index (χ3n) is 6.51. The van der Waals surface area contributed by atoms with E-state index in [9.17, 15) is 9.90 Å². The van der Waals surface area contributed by atoms with Crippen molar-refractivity contribution < 1.29 is 14.6 Å². The van der Waals surface area contributed by atoms with E-state index >= 15 is 0 Å². The fourth-order valence-electron chi connectivity index (χ4n) is 4.53. The number of benzene rings is 1. The minimum atomic E-state index is -0.659. The average Bonchev–Trinajstić information content (AvgIpc) is 2.85. The summed E-state index contributed by atoms with van der Waals surface area (Å²) >= 11 is 0. The van der Waals surface area contributed by atoms with E-state index in [4.69, 9.17) is 4.74 Å². The van der Waals surface area contributed by atoms with Crippen molar-refractivity contribution in [3.63, 3.8) is 0 Å². The lowest BCUT2D eigenvalue weighted by molar-refractivity contribution is 0.0209. The van der Waals surface area contributed by atoms with Gasteiger partial charge in [0.15, 0.2) is 0 Å². The van der Waals surface area contributed by atoms with Gasteiger partial charge in [0.05, 0.1) is 25.4 Å². The molecule has 1 atom stereocenters. The summed E-state index contributed by atoms with van der Waals surface area (Å²) in [6.07, 6.45) is 0.320. The Kier molecular flexibility index (Phi) is 7.19. The number of β-amino-alcohol motifs (C(OH)–C–C–N with tert-alkyl or cyclic N) is 1. The fraction of sp³-hybridized carbons (Fsp3) is 0.542. The van der Waals surface area contributed by atoms with Crippen molar-refractivity contribution in [1.29, 1.82) is 0 Å². The zero-order chi connectivity index (χ0) is 23.3. The molecule has 4 heterocycles. The van der Waals surface area contributed by atoms with Crippen LogP contribution in [0.4, 0.5) is 11.8 Å². The summed E-state index contributed by atoms with van der Waals surface area (Å²) in [6, 6.07) is 10.3. The molecule has 2 saturated heterocycles. The average molecular weight is 468 g/mol. The van der Waals surface area contributed by atoms with Crippen molar-refractivity contribution in [2.75, 3.05) is 69.2 Å². The molecule has 3 aliphatic heterocycles.